The summed E-state index contributed by atoms with van der Waals surface area (Å²) >= 11 is 0. The van der Waals surface area contributed by atoms with Crippen LogP contribution in [-0.2, 0) is 16.6 Å². The zero-order valence-electron chi connectivity index (χ0n) is 15.2. The average molecular weight is 355 g/mol. The van der Waals surface area contributed by atoms with Gasteiger partial charge in [0.2, 0.25) is 23.5 Å². The molecule has 8 heteroatoms. The van der Waals surface area contributed by atoms with Crippen LogP contribution in [0.4, 0.5) is 5.69 Å². The Bertz CT molecular complexity index is 907. The minimum atomic E-state index is -0.189. The van der Waals surface area contributed by atoms with Crippen molar-refractivity contribution < 1.29 is 13.8 Å². The first-order valence-corrected chi connectivity index (χ1v) is 8.35. The summed E-state index contributed by atoms with van der Waals surface area (Å²) < 4.78 is 10.2. The predicted molar refractivity (Wildman–Crippen MR) is 94.4 cm³/mol. The molecule has 0 bridgehead atoms. The van der Waals surface area contributed by atoms with Crippen LogP contribution in [0, 0.1) is 6.92 Å². The van der Waals surface area contributed by atoms with Gasteiger partial charge in [-0.15, -0.1) is 0 Å². The number of para-hydroxylation sites is 1. The fourth-order valence-electron chi connectivity index (χ4n) is 2.29. The highest BCUT2D eigenvalue weighted by molar-refractivity contribution is 5.94. The van der Waals surface area contributed by atoms with E-state index >= 15 is 0 Å². The van der Waals surface area contributed by atoms with Crippen LogP contribution in [-0.4, -0.2) is 26.2 Å². The molecule has 0 aliphatic heterocycles. The second-order valence-corrected chi connectivity index (χ2v) is 6.99. The lowest BCUT2D eigenvalue weighted by Crippen LogP contribution is -2.14. The Labute approximate surface area is 151 Å². The summed E-state index contributed by atoms with van der Waals surface area (Å²) in [5.41, 5.74) is 1.13. The first kappa shape index (κ1) is 17.8. The fourth-order valence-corrected chi connectivity index (χ4v) is 2.29. The van der Waals surface area contributed by atoms with Gasteiger partial charge in [0.1, 0.15) is 0 Å². The third kappa shape index (κ3) is 4.14. The summed E-state index contributed by atoms with van der Waals surface area (Å²) in [5.74, 6) is 1.82. The van der Waals surface area contributed by atoms with E-state index in [-0.39, 0.29) is 17.7 Å². The molecule has 3 aromatic rings. The smallest absolute Gasteiger partial charge is 0.227 e. The Hall–Kier alpha value is -3.03. The van der Waals surface area contributed by atoms with E-state index in [4.69, 9.17) is 9.05 Å². The van der Waals surface area contributed by atoms with Gasteiger partial charge in [0.05, 0.1) is 5.69 Å². The molecule has 1 N–H and O–H groups in total. The highest BCUT2D eigenvalue weighted by atomic mass is 16.5. The topological polar surface area (TPSA) is 107 Å². The minimum absolute atomic E-state index is 0.159. The lowest BCUT2D eigenvalue weighted by Gasteiger charge is -2.10. The van der Waals surface area contributed by atoms with E-state index in [9.17, 15) is 4.79 Å². The van der Waals surface area contributed by atoms with Gasteiger partial charge in [-0.3, -0.25) is 4.79 Å². The number of rotatable bonds is 5. The second-order valence-electron chi connectivity index (χ2n) is 6.99. The third-order valence-corrected chi connectivity index (χ3v) is 3.67. The van der Waals surface area contributed by atoms with E-state index in [1.54, 1.807) is 13.0 Å². The third-order valence-electron chi connectivity index (χ3n) is 3.67. The van der Waals surface area contributed by atoms with Crippen LogP contribution in [0.3, 0.4) is 0 Å². The Balaban J connectivity index is 1.65. The maximum absolute atomic E-state index is 12.3. The van der Waals surface area contributed by atoms with E-state index in [2.05, 4.69) is 25.6 Å². The molecule has 0 saturated carbocycles. The number of hydrogen-bond acceptors (Lipinski definition) is 7. The van der Waals surface area contributed by atoms with Crippen molar-refractivity contribution in [2.45, 2.75) is 46.0 Å². The van der Waals surface area contributed by atoms with Gasteiger partial charge in [-0.25, -0.2) is 0 Å². The largest absolute Gasteiger partial charge is 0.339 e. The van der Waals surface area contributed by atoms with Crippen LogP contribution in [0.1, 0.15) is 44.8 Å². The molecule has 3 rings (SSSR count). The minimum Gasteiger partial charge on any atom is -0.339 e. The summed E-state index contributed by atoms with van der Waals surface area (Å²) in [5, 5.41) is 10.7. The first-order chi connectivity index (χ1) is 12.3. The zero-order chi connectivity index (χ0) is 18.7. The summed E-state index contributed by atoms with van der Waals surface area (Å²) in [6.45, 7) is 7.73. The molecule has 26 heavy (non-hydrogen) atoms. The van der Waals surface area contributed by atoms with Gasteiger partial charge in [0.25, 0.3) is 0 Å². The summed E-state index contributed by atoms with van der Waals surface area (Å²) in [6.07, 6.45) is 0.601. The SMILES string of the molecule is Cc1nc(-c2ccccc2NC(=O)CCc2nc(C(C)(C)C)no2)no1. The molecule has 0 aliphatic rings. The molecule has 8 nitrogen and oxygen atoms in total. The summed E-state index contributed by atoms with van der Waals surface area (Å²) in [4.78, 5) is 20.9. The molecule has 1 amide bonds. The van der Waals surface area contributed by atoms with Gasteiger partial charge >= 0.3 is 0 Å². The Morgan fingerprint density at radius 3 is 2.54 bits per heavy atom. The van der Waals surface area contributed by atoms with Crippen molar-refractivity contribution in [3.8, 4) is 11.4 Å². The second kappa shape index (κ2) is 7.07. The van der Waals surface area contributed by atoms with E-state index in [1.807, 2.05) is 39.0 Å². The quantitative estimate of drug-likeness (QED) is 0.748. The van der Waals surface area contributed by atoms with Gasteiger partial charge in [-0.1, -0.05) is 43.2 Å². The van der Waals surface area contributed by atoms with Gasteiger partial charge in [-0.05, 0) is 12.1 Å². The number of aryl methyl sites for hydroxylation is 2. The van der Waals surface area contributed by atoms with E-state index < -0.39 is 0 Å². The van der Waals surface area contributed by atoms with Crippen LogP contribution < -0.4 is 5.32 Å². The molecule has 1 aromatic carbocycles. The van der Waals surface area contributed by atoms with Crippen molar-refractivity contribution in [1.29, 1.82) is 0 Å². The number of aromatic nitrogens is 4. The van der Waals surface area contributed by atoms with Crippen molar-refractivity contribution in [2.24, 2.45) is 0 Å². The Morgan fingerprint density at radius 1 is 1.12 bits per heavy atom. The summed E-state index contributed by atoms with van der Waals surface area (Å²) in [6, 6.07) is 7.31. The van der Waals surface area contributed by atoms with Crippen LogP contribution in [0.15, 0.2) is 33.3 Å². The molecule has 0 radical (unpaired) electrons. The lowest BCUT2D eigenvalue weighted by molar-refractivity contribution is -0.116. The number of nitrogens with zero attached hydrogens (tertiary/aromatic N) is 4. The van der Waals surface area contributed by atoms with Crippen LogP contribution >= 0.6 is 0 Å². The predicted octanol–water partition coefficient (Wildman–Crippen LogP) is 3.30. The molecule has 0 fully saturated rings. The maximum Gasteiger partial charge on any atom is 0.227 e. The van der Waals surface area contributed by atoms with Crippen molar-refractivity contribution in [3.63, 3.8) is 0 Å². The van der Waals surface area contributed by atoms with Crippen LogP contribution in [0.5, 0.6) is 0 Å². The van der Waals surface area contributed by atoms with Gasteiger partial charge in [-0.2, -0.15) is 9.97 Å². The molecule has 2 aromatic heterocycles. The highest BCUT2D eigenvalue weighted by Gasteiger charge is 2.21. The first-order valence-electron chi connectivity index (χ1n) is 8.35. The zero-order valence-corrected chi connectivity index (χ0v) is 15.2. The van der Waals surface area contributed by atoms with E-state index in [0.29, 0.717) is 41.1 Å². The number of carbonyl (C=O) groups is 1. The number of hydrogen-bond donors (Lipinski definition) is 1. The van der Waals surface area contributed by atoms with Crippen molar-refractivity contribution in [1.82, 2.24) is 20.3 Å². The number of carbonyl (C=O) groups excluding carboxylic acids is 1. The van der Waals surface area contributed by atoms with Crippen LogP contribution in [0.2, 0.25) is 0 Å². The maximum atomic E-state index is 12.3. The molecule has 0 unspecified atom stereocenters. The number of nitrogens with one attached hydrogen (secondary N) is 1. The Kier molecular flexibility index (Phi) is 4.83. The molecular weight excluding hydrogens is 334 g/mol. The number of amides is 1. The lowest BCUT2D eigenvalue weighted by atomic mass is 9.96. The molecule has 0 saturated heterocycles. The molecule has 0 spiro atoms. The summed E-state index contributed by atoms with van der Waals surface area (Å²) in [7, 11) is 0. The number of anilines is 1. The van der Waals surface area contributed by atoms with Crippen molar-refractivity contribution in [3.05, 3.63) is 41.9 Å². The normalized spacial score (nSPS) is 11.5. The molecular formula is C18H21N5O3. The number of benzene rings is 1. The van der Waals surface area contributed by atoms with Crippen molar-refractivity contribution >= 4 is 11.6 Å². The highest BCUT2D eigenvalue weighted by Crippen LogP contribution is 2.25. The monoisotopic (exact) mass is 355 g/mol. The molecule has 0 aliphatic carbocycles. The molecule has 136 valence electrons. The van der Waals surface area contributed by atoms with Gasteiger partial charge in [0.15, 0.2) is 5.82 Å². The van der Waals surface area contributed by atoms with Crippen molar-refractivity contribution in [2.75, 3.05) is 5.32 Å². The molecule has 0 atom stereocenters. The van der Waals surface area contributed by atoms with E-state index in [0.717, 1.165) is 0 Å². The van der Waals surface area contributed by atoms with Gasteiger partial charge in [0, 0.05) is 30.7 Å². The van der Waals surface area contributed by atoms with E-state index in [1.165, 1.54) is 0 Å². The Morgan fingerprint density at radius 2 is 1.88 bits per heavy atom. The van der Waals surface area contributed by atoms with Gasteiger partial charge < -0.3 is 14.4 Å². The molecule has 2 heterocycles. The van der Waals surface area contributed by atoms with Crippen LogP contribution in [0.25, 0.3) is 11.4 Å². The average Bonchev–Trinajstić information content (AvgIpc) is 3.22. The standard InChI is InChI=1S/C18H21N5O3/c1-11-19-16(22-25-11)12-7-5-6-8-13(12)20-14(24)9-10-15-21-17(23-26-15)18(2,3)4/h5-8H,9-10H2,1-4H3,(H,20,24). The fraction of sp³-hybridized carbons (Fsp3) is 0.389.